The van der Waals surface area contributed by atoms with Gasteiger partial charge in [0, 0.05) is 30.0 Å². The Kier molecular flexibility index (Phi) is 3.87. The number of nitrogens with one attached hydrogen (secondary N) is 2. The number of anilines is 2. The van der Waals surface area contributed by atoms with Gasteiger partial charge in [0.15, 0.2) is 0 Å². The van der Waals surface area contributed by atoms with E-state index in [1.165, 1.54) is 0 Å². The summed E-state index contributed by atoms with van der Waals surface area (Å²) in [5.41, 5.74) is 3.08. The number of likely N-dealkylation sites (N-methyl/N-ethyl adjacent to an activating group) is 1. The van der Waals surface area contributed by atoms with Crippen LogP contribution in [0, 0.1) is 5.92 Å². The summed E-state index contributed by atoms with van der Waals surface area (Å²) in [5.74, 6) is 0.418. The van der Waals surface area contributed by atoms with Crippen molar-refractivity contribution in [3.05, 3.63) is 23.8 Å². The molecule has 0 bridgehead atoms. The van der Waals surface area contributed by atoms with Crippen LogP contribution < -0.4 is 15.5 Å². The molecule has 2 aliphatic heterocycles. The van der Waals surface area contributed by atoms with E-state index in [1.54, 1.807) is 7.05 Å². The number of carbonyl (C=O) groups excluding carboxylic acids is 1. The Morgan fingerprint density at radius 2 is 2.10 bits per heavy atom. The van der Waals surface area contributed by atoms with Crippen molar-refractivity contribution in [2.24, 2.45) is 5.92 Å². The van der Waals surface area contributed by atoms with Gasteiger partial charge in [0.25, 0.3) is 0 Å². The number of nitrogens with zero attached hydrogens (tertiary/aromatic N) is 1. The standard InChI is InChI=1S/C16H23N3O2/c1-10(20)11-5-7-19(8-6-11)12-3-4-13-14(9-12)18-16(21)15(13)17-2/h3-4,9-11,15,17,20H,5-8H2,1-2H3,(H,18,21). The fourth-order valence-electron chi connectivity index (χ4n) is 3.37. The molecule has 2 atom stereocenters. The van der Waals surface area contributed by atoms with Crippen LogP contribution in [0.4, 0.5) is 11.4 Å². The van der Waals surface area contributed by atoms with E-state index in [-0.39, 0.29) is 18.1 Å². The van der Waals surface area contributed by atoms with Crippen LogP contribution in [0.25, 0.3) is 0 Å². The average Bonchev–Trinajstić information content (AvgIpc) is 2.81. The van der Waals surface area contributed by atoms with Crippen molar-refractivity contribution in [2.75, 3.05) is 30.4 Å². The van der Waals surface area contributed by atoms with E-state index < -0.39 is 0 Å². The summed E-state index contributed by atoms with van der Waals surface area (Å²) in [7, 11) is 1.80. The minimum atomic E-state index is -0.241. The highest BCUT2D eigenvalue weighted by Gasteiger charge is 2.30. The second kappa shape index (κ2) is 5.66. The normalized spacial score (nSPS) is 23.9. The molecule has 3 N–H and O–H groups in total. The Bertz CT molecular complexity index is 536. The van der Waals surface area contributed by atoms with Gasteiger partial charge >= 0.3 is 0 Å². The molecule has 0 radical (unpaired) electrons. The van der Waals surface area contributed by atoms with Gasteiger partial charge in [-0.15, -0.1) is 0 Å². The van der Waals surface area contributed by atoms with Crippen molar-refractivity contribution in [1.82, 2.24) is 5.32 Å². The first-order chi connectivity index (χ1) is 10.1. The molecule has 5 heteroatoms. The molecular formula is C16H23N3O2. The van der Waals surface area contributed by atoms with Gasteiger partial charge in [0.2, 0.25) is 5.91 Å². The molecule has 0 spiro atoms. The van der Waals surface area contributed by atoms with Gasteiger partial charge in [-0.2, -0.15) is 0 Å². The highest BCUT2D eigenvalue weighted by molar-refractivity contribution is 6.03. The first-order valence-corrected chi connectivity index (χ1v) is 7.65. The maximum atomic E-state index is 11.9. The van der Waals surface area contributed by atoms with Gasteiger partial charge in [0.1, 0.15) is 6.04 Å². The molecule has 2 aliphatic rings. The quantitative estimate of drug-likeness (QED) is 0.789. The number of hydrogen-bond donors (Lipinski definition) is 3. The Morgan fingerprint density at radius 1 is 1.38 bits per heavy atom. The van der Waals surface area contributed by atoms with Crippen LogP contribution in [-0.4, -0.2) is 37.3 Å². The van der Waals surface area contributed by atoms with Crippen LogP contribution in [-0.2, 0) is 4.79 Å². The summed E-state index contributed by atoms with van der Waals surface area (Å²) in [6.07, 6.45) is 1.81. The van der Waals surface area contributed by atoms with E-state index in [0.717, 1.165) is 42.9 Å². The van der Waals surface area contributed by atoms with E-state index in [0.29, 0.717) is 5.92 Å². The molecule has 114 valence electrons. The topological polar surface area (TPSA) is 64.6 Å². The van der Waals surface area contributed by atoms with Gasteiger partial charge in [0.05, 0.1) is 6.10 Å². The number of carbonyl (C=O) groups is 1. The molecule has 2 heterocycles. The van der Waals surface area contributed by atoms with Crippen molar-refractivity contribution in [3.63, 3.8) is 0 Å². The van der Waals surface area contributed by atoms with Gasteiger partial charge in [-0.3, -0.25) is 4.79 Å². The fourth-order valence-corrected chi connectivity index (χ4v) is 3.37. The highest BCUT2D eigenvalue weighted by Crippen LogP contribution is 2.35. The summed E-state index contributed by atoms with van der Waals surface area (Å²) in [6, 6.07) is 5.94. The largest absolute Gasteiger partial charge is 0.393 e. The first-order valence-electron chi connectivity index (χ1n) is 7.65. The van der Waals surface area contributed by atoms with Crippen molar-refractivity contribution < 1.29 is 9.90 Å². The molecule has 21 heavy (non-hydrogen) atoms. The molecule has 0 aliphatic carbocycles. The average molecular weight is 289 g/mol. The SMILES string of the molecule is CNC1C(=O)Nc2cc(N3CCC(C(C)O)CC3)ccc21. The lowest BCUT2D eigenvalue weighted by Gasteiger charge is -2.35. The fraction of sp³-hybridized carbons (Fsp3) is 0.562. The van der Waals surface area contributed by atoms with Crippen molar-refractivity contribution >= 4 is 17.3 Å². The minimum Gasteiger partial charge on any atom is -0.393 e. The number of fused-ring (bicyclic) bond motifs is 1. The van der Waals surface area contributed by atoms with Crippen LogP contribution in [0.1, 0.15) is 31.4 Å². The Balaban J connectivity index is 1.74. The van der Waals surface area contributed by atoms with E-state index in [4.69, 9.17) is 0 Å². The van der Waals surface area contributed by atoms with Gasteiger partial charge in [-0.1, -0.05) is 6.07 Å². The Hall–Kier alpha value is -1.59. The second-order valence-electron chi connectivity index (χ2n) is 6.05. The summed E-state index contributed by atoms with van der Waals surface area (Å²) >= 11 is 0. The molecule has 2 unspecified atom stereocenters. The molecule has 1 aromatic rings. The van der Waals surface area contributed by atoms with Crippen LogP contribution in [0.3, 0.4) is 0 Å². The van der Waals surface area contributed by atoms with Crippen LogP contribution in [0.5, 0.6) is 0 Å². The number of benzene rings is 1. The lowest BCUT2D eigenvalue weighted by Crippen LogP contribution is -2.37. The third-order valence-electron chi connectivity index (χ3n) is 4.74. The van der Waals surface area contributed by atoms with Gasteiger partial charge in [-0.05, 0) is 44.9 Å². The summed E-state index contributed by atoms with van der Waals surface area (Å²) < 4.78 is 0. The van der Waals surface area contributed by atoms with Crippen molar-refractivity contribution in [3.8, 4) is 0 Å². The third-order valence-corrected chi connectivity index (χ3v) is 4.74. The number of piperidine rings is 1. The highest BCUT2D eigenvalue weighted by atomic mass is 16.3. The molecular weight excluding hydrogens is 266 g/mol. The number of hydrogen-bond acceptors (Lipinski definition) is 4. The van der Waals surface area contributed by atoms with Gasteiger partial charge in [-0.25, -0.2) is 0 Å². The first kappa shape index (κ1) is 14.4. The predicted octanol–water partition coefficient (Wildman–Crippen LogP) is 1.50. The lowest BCUT2D eigenvalue weighted by molar-refractivity contribution is -0.117. The maximum absolute atomic E-state index is 11.9. The van der Waals surface area contributed by atoms with Crippen molar-refractivity contribution in [1.29, 1.82) is 0 Å². The zero-order chi connectivity index (χ0) is 15.0. The molecule has 1 fully saturated rings. The Labute approximate surface area is 125 Å². The van der Waals surface area contributed by atoms with Crippen LogP contribution in [0.2, 0.25) is 0 Å². The molecule has 1 saturated heterocycles. The van der Waals surface area contributed by atoms with Gasteiger partial charge < -0.3 is 20.6 Å². The number of aliphatic hydroxyl groups is 1. The van der Waals surface area contributed by atoms with E-state index >= 15 is 0 Å². The number of amides is 1. The molecule has 3 rings (SSSR count). The zero-order valence-corrected chi connectivity index (χ0v) is 12.6. The zero-order valence-electron chi connectivity index (χ0n) is 12.6. The third kappa shape index (κ3) is 2.63. The number of rotatable bonds is 3. The van der Waals surface area contributed by atoms with E-state index in [9.17, 15) is 9.90 Å². The number of aliphatic hydroxyl groups excluding tert-OH is 1. The van der Waals surface area contributed by atoms with Crippen LogP contribution >= 0.6 is 0 Å². The molecule has 0 aromatic heterocycles. The van der Waals surface area contributed by atoms with E-state index in [2.05, 4.69) is 27.7 Å². The molecule has 1 aromatic carbocycles. The maximum Gasteiger partial charge on any atom is 0.246 e. The summed E-state index contributed by atoms with van der Waals surface area (Å²) in [5, 5.41) is 15.6. The second-order valence-corrected chi connectivity index (χ2v) is 6.05. The Morgan fingerprint density at radius 3 is 2.71 bits per heavy atom. The monoisotopic (exact) mass is 289 g/mol. The molecule has 1 amide bonds. The smallest absolute Gasteiger partial charge is 0.246 e. The molecule has 0 saturated carbocycles. The predicted molar refractivity (Wildman–Crippen MR) is 83.5 cm³/mol. The van der Waals surface area contributed by atoms with Crippen molar-refractivity contribution in [2.45, 2.75) is 31.9 Å². The lowest BCUT2D eigenvalue weighted by atomic mass is 9.92. The molecule has 5 nitrogen and oxygen atoms in total. The van der Waals surface area contributed by atoms with Crippen LogP contribution in [0.15, 0.2) is 18.2 Å². The van der Waals surface area contributed by atoms with E-state index in [1.807, 2.05) is 13.0 Å². The summed E-state index contributed by atoms with van der Waals surface area (Å²) in [6.45, 7) is 3.79. The minimum absolute atomic E-state index is 0.0115. The summed E-state index contributed by atoms with van der Waals surface area (Å²) in [4.78, 5) is 14.2.